The molecule has 1 N–H and O–H groups in total. The van der Waals surface area contributed by atoms with E-state index in [-0.39, 0.29) is 28.0 Å². The molecule has 0 atom stereocenters. The number of benzene rings is 1. The third kappa shape index (κ3) is 3.77. The molecule has 0 unspecified atom stereocenters. The Morgan fingerprint density at radius 3 is 2.90 bits per heavy atom. The monoisotopic (exact) mass is 328 g/mol. The Labute approximate surface area is 128 Å². The quantitative estimate of drug-likeness (QED) is 0.874. The zero-order valence-corrected chi connectivity index (χ0v) is 12.4. The summed E-state index contributed by atoms with van der Waals surface area (Å²) in [7, 11) is 0. The highest BCUT2D eigenvalue weighted by molar-refractivity contribution is 7.14. The molecule has 0 fully saturated rings. The fourth-order valence-corrected chi connectivity index (χ4v) is 2.29. The molecule has 0 spiro atoms. The van der Waals surface area contributed by atoms with Crippen molar-refractivity contribution in [1.29, 1.82) is 0 Å². The van der Waals surface area contributed by atoms with Gasteiger partial charge < -0.3 is 4.74 Å². The highest BCUT2D eigenvalue weighted by atomic mass is 35.5. The first-order valence-electron chi connectivity index (χ1n) is 5.90. The molecule has 0 saturated carbocycles. The SMILES string of the molecule is CCOC(=O)c1csc(NC(=O)c2ccc(F)c(Cl)c2)n1. The Bertz CT molecular complexity index is 690. The number of rotatable bonds is 4. The van der Waals surface area contributed by atoms with E-state index in [0.717, 1.165) is 17.4 Å². The molecule has 1 amide bonds. The molecule has 5 nitrogen and oxygen atoms in total. The molecule has 2 rings (SSSR count). The van der Waals surface area contributed by atoms with Gasteiger partial charge in [-0.1, -0.05) is 11.6 Å². The number of ether oxygens (including phenoxy) is 1. The minimum absolute atomic E-state index is 0.120. The molecule has 1 aromatic heterocycles. The fraction of sp³-hybridized carbons (Fsp3) is 0.154. The minimum Gasteiger partial charge on any atom is -0.461 e. The molecular weight excluding hydrogens is 319 g/mol. The van der Waals surface area contributed by atoms with Gasteiger partial charge in [0.05, 0.1) is 11.6 Å². The lowest BCUT2D eigenvalue weighted by molar-refractivity contribution is 0.0520. The number of carbonyl (C=O) groups excluding carboxylic acids is 2. The van der Waals surface area contributed by atoms with Crippen molar-refractivity contribution in [2.24, 2.45) is 0 Å². The zero-order chi connectivity index (χ0) is 15.4. The molecular formula is C13H10ClFN2O3S. The van der Waals surface area contributed by atoms with Crippen LogP contribution in [-0.2, 0) is 4.74 Å². The van der Waals surface area contributed by atoms with E-state index < -0.39 is 17.7 Å². The van der Waals surface area contributed by atoms with Crippen LogP contribution in [0.5, 0.6) is 0 Å². The van der Waals surface area contributed by atoms with Crippen LogP contribution in [-0.4, -0.2) is 23.5 Å². The maximum atomic E-state index is 13.0. The van der Waals surface area contributed by atoms with Crippen LogP contribution >= 0.6 is 22.9 Å². The van der Waals surface area contributed by atoms with Gasteiger partial charge in [0.15, 0.2) is 10.8 Å². The number of halogens is 2. The van der Waals surface area contributed by atoms with Crippen molar-refractivity contribution >= 4 is 39.9 Å². The van der Waals surface area contributed by atoms with Gasteiger partial charge in [-0.25, -0.2) is 14.2 Å². The van der Waals surface area contributed by atoms with Crippen molar-refractivity contribution in [3.63, 3.8) is 0 Å². The van der Waals surface area contributed by atoms with Crippen molar-refractivity contribution < 1.29 is 18.7 Å². The topological polar surface area (TPSA) is 68.3 Å². The lowest BCUT2D eigenvalue weighted by Gasteiger charge is -2.02. The van der Waals surface area contributed by atoms with Gasteiger partial charge in [-0.2, -0.15) is 0 Å². The number of esters is 1. The number of thiazole rings is 1. The third-order valence-corrected chi connectivity index (χ3v) is 3.44. The first-order valence-corrected chi connectivity index (χ1v) is 7.16. The minimum atomic E-state index is -0.605. The summed E-state index contributed by atoms with van der Waals surface area (Å²) in [5, 5.41) is 4.07. The Morgan fingerprint density at radius 1 is 1.48 bits per heavy atom. The number of hydrogen-bond donors (Lipinski definition) is 1. The van der Waals surface area contributed by atoms with Crippen LogP contribution in [0, 0.1) is 5.82 Å². The predicted octanol–water partition coefficient (Wildman–Crippen LogP) is 3.36. The second-order valence-electron chi connectivity index (χ2n) is 3.84. The van der Waals surface area contributed by atoms with E-state index in [0.29, 0.717) is 0 Å². The highest BCUT2D eigenvalue weighted by Gasteiger charge is 2.14. The standard InChI is InChI=1S/C13H10ClFN2O3S/c1-2-20-12(19)10-6-21-13(16-10)17-11(18)7-3-4-9(15)8(14)5-7/h3-6H,2H2,1H3,(H,16,17,18). The van der Waals surface area contributed by atoms with Crippen LogP contribution in [0.4, 0.5) is 9.52 Å². The van der Waals surface area contributed by atoms with E-state index in [4.69, 9.17) is 16.3 Å². The molecule has 8 heteroatoms. The molecule has 110 valence electrons. The number of carbonyl (C=O) groups is 2. The second-order valence-corrected chi connectivity index (χ2v) is 5.11. The summed E-state index contributed by atoms with van der Waals surface area (Å²) in [4.78, 5) is 27.3. The Kier molecular flexibility index (Phi) is 4.87. The lowest BCUT2D eigenvalue weighted by atomic mass is 10.2. The smallest absolute Gasteiger partial charge is 0.357 e. The Hall–Kier alpha value is -1.99. The van der Waals surface area contributed by atoms with Crippen LogP contribution in [0.3, 0.4) is 0 Å². The Morgan fingerprint density at radius 2 is 2.24 bits per heavy atom. The van der Waals surface area contributed by atoms with Gasteiger partial charge in [0.25, 0.3) is 5.91 Å². The summed E-state index contributed by atoms with van der Waals surface area (Å²) in [6.07, 6.45) is 0. The van der Waals surface area contributed by atoms with Gasteiger partial charge in [-0.3, -0.25) is 10.1 Å². The largest absolute Gasteiger partial charge is 0.461 e. The fourth-order valence-electron chi connectivity index (χ4n) is 1.44. The van der Waals surface area contributed by atoms with Gasteiger partial charge >= 0.3 is 5.97 Å². The maximum Gasteiger partial charge on any atom is 0.357 e. The normalized spacial score (nSPS) is 10.2. The highest BCUT2D eigenvalue weighted by Crippen LogP contribution is 2.19. The number of aromatic nitrogens is 1. The van der Waals surface area contributed by atoms with Crippen molar-refractivity contribution in [2.45, 2.75) is 6.92 Å². The summed E-state index contributed by atoms with van der Waals surface area (Å²) in [6.45, 7) is 1.93. The van der Waals surface area contributed by atoms with Gasteiger partial charge in [-0.15, -0.1) is 11.3 Å². The molecule has 2 aromatic rings. The first-order chi connectivity index (χ1) is 10.0. The summed E-state index contributed by atoms with van der Waals surface area (Å²) in [5.41, 5.74) is 0.309. The summed E-state index contributed by atoms with van der Waals surface area (Å²) < 4.78 is 17.8. The van der Waals surface area contributed by atoms with E-state index in [1.54, 1.807) is 6.92 Å². The number of anilines is 1. The molecule has 0 saturated heterocycles. The maximum absolute atomic E-state index is 13.0. The molecule has 0 bridgehead atoms. The average molecular weight is 329 g/mol. The number of nitrogens with one attached hydrogen (secondary N) is 1. The van der Waals surface area contributed by atoms with Crippen LogP contribution in [0.1, 0.15) is 27.8 Å². The summed E-state index contributed by atoms with van der Waals surface area (Å²) in [6, 6.07) is 3.62. The van der Waals surface area contributed by atoms with Crippen molar-refractivity contribution in [3.05, 3.63) is 45.7 Å². The zero-order valence-electron chi connectivity index (χ0n) is 10.9. The number of hydrogen-bond acceptors (Lipinski definition) is 5. The molecule has 0 radical (unpaired) electrons. The van der Waals surface area contributed by atoms with E-state index in [9.17, 15) is 14.0 Å². The molecule has 1 aromatic carbocycles. The first kappa shape index (κ1) is 15.4. The molecule has 0 aliphatic heterocycles. The van der Waals surface area contributed by atoms with Crippen LogP contribution < -0.4 is 5.32 Å². The summed E-state index contributed by atoms with van der Waals surface area (Å²) >= 11 is 6.70. The second kappa shape index (κ2) is 6.64. The molecule has 1 heterocycles. The van der Waals surface area contributed by atoms with E-state index >= 15 is 0 Å². The molecule has 21 heavy (non-hydrogen) atoms. The van der Waals surface area contributed by atoms with E-state index in [2.05, 4.69) is 10.3 Å². The van der Waals surface area contributed by atoms with Gasteiger partial charge in [0.1, 0.15) is 5.82 Å². The molecule has 0 aliphatic rings. The van der Waals surface area contributed by atoms with Crippen LogP contribution in [0.25, 0.3) is 0 Å². The number of nitrogens with zero attached hydrogens (tertiary/aromatic N) is 1. The van der Waals surface area contributed by atoms with Crippen LogP contribution in [0.15, 0.2) is 23.6 Å². The van der Waals surface area contributed by atoms with Crippen molar-refractivity contribution in [3.8, 4) is 0 Å². The van der Waals surface area contributed by atoms with Gasteiger partial charge in [0.2, 0.25) is 0 Å². The van der Waals surface area contributed by atoms with Crippen molar-refractivity contribution in [1.82, 2.24) is 4.98 Å². The van der Waals surface area contributed by atoms with Gasteiger partial charge in [-0.05, 0) is 25.1 Å². The van der Waals surface area contributed by atoms with Crippen molar-refractivity contribution in [2.75, 3.05) is 11.9 Å². The number of amides is 1. The van der Waals surface area contributed by atoms with E-state index in [1.807, 2.05) is 0 Å². The average Bonchev–Trinajstić information content (AvgIpc) is 2.90. The van der Waals surface area contributed by atoms with E-state index in [1.165, 1.54) is 17.5 Å². The third-order valence-electron chi connectivity index (χ3n) is 2.39. The Balaban J connectivity index is 2.09. The predicted molar refractivity (Wildman–Crippen MR) is 77.4 cm³/mol. The lowest BCUT2D eigenvalue weighted by Crippen LogP contribution is -2.12. The van der Waals surface area contributed by atoms with Gasteiger partial charge in [0, 0.05) is 10.9 Å². The molecule has 0 aliphatic carbocycles. The van der Waals surface area contributed by atoms with Crippen LogP contribution in [0.2, 0.25) is 5.02 Å². The summed E-state index contributed by atoms with van der Waals surface area (Å²) in [5.74, 6) is -1.66.